The molecule has 1 aliphatic rings. The maximum atomic E-state index is 14.5. The number of thioether (sulfide) groups is 1. The Balaban J connectivity index is 1.52. The average molecular weight is 494 g/mol. The van der Waals surface area contributed by atoms with E-state index in [0.29, 0.717) is 6.54 Å². The van der Waals surface area contributed by atoms with E-state index in [0.717, 1.165) is 35.4 Å². The van der Waals surface area contributed by atoms with Crippen LogP contribution in [0.4, 0.5) is 4.39 Å². The molecule has 0 spiro atoms. The molecule has 5 rings (SSSR count). The molecule has 0 N–H and O–H groups in total. The highest BCUT2D eigenvalue weighted by Gasteiger charge is 2.26. The normalized spacial score (nSPS) is 14.1. The number of hydrogen-bond acceptors (Lipinski definition) is 4. The minimum absolute atomic E-state index is 0.209. The highest BCUT2D eigenvalue weighted by atomic mass is 32.2. The van der Waals surface area contributed by atoms with Crippen molar-refractivity contribution in [3.8, 4) is 0 Å². The molecule has 0 amide bonds. The van der Waals surface area contributed by atoms with Crippen molar-refractivity contribution >= 4 is 29.0 Å². The minimum atomic E-state index is -0.209. The molecule has 2 heterocycles. The minimum Gasteiger partial charge on any atom is -0.291 e. The van der Waals surface area contributed by atoms with Gasteiger partial charge in [0.15, 0.2) is 0 Å². The Bertz CT molecular complexity index is 1360. The highest BCUT2D eigenvalue weighted by molar-refractivity contribution is 7.98. The van der Waals surface area contributed by atoms with Crippen molar-refractivity contribution in [2.45, 2.75) is 24.9 Å². The summed E-state index contributed by atoms with van der Waals surface area (Å²) in [4.78, 5) is 12.0. The van der Waals surface area contributed by atoms with Crippen molar-refractivity contribution < 1.29 is 4.39 Å². The topological polar surface area (TPSA) is 29.0 Å². The van der Waals surface area contributed by atoms with Crippen LogP contribution < -0.4 is 0 Å². The number of hydrogen-bond donors (Lipinski definition) is 0. The number of halogens is 1. The maximum Gasteiger partial charge on any atom is 0.123 e. The van der Waals surface area contributed by atoms with Crippen LogP contribution in [0.5, 0.6) is 0 Å². The fourth-order valence-corrected chi connectivity index (χ4v) is 5.12. The van der Waals surface area contributed by atoms with Crippen molar-refractivity contribution in [1.29, 1.82) is 0 Å². The van der Waals surface area contributed by atoms with Gasteiger partial charge in [-0.05, 0) is 112 Å². The molecular formula is C31H28FN3S. The molecule has 0 saturated carbocycles. The van der Waals surface area contributed by atoms with Crippen LogP contribution in [0.2, 0.25) is 0 Å². The number of fused-ring (bicyclic) bond motifs is 1. The molecule has 0 aliphatic heterocycles. The van der Waals surface area contributed by atoms with E-state index >= 15 is 0 Å². The molecule has 0 fully saturated rings. The first-order valence-electron chi connectivity index (χ1n) is 12.0. The van der Waals surface area contributed by atoms with Crippen molar-refractivity contribution in [3.05, 3.63) is 131 Å². The van der Waals surface area contributed by atoms with Gasteiger partial charge in [0.1, 0.15) is 5.82 Å². The molecule has 1 aliphatic carbocycles. The second-order valence-corrected chi connectivity index (χ2v) is 9.86. The summed E-state index contributed by atoms with van der Waals surface area (Å²) in [7, 11) is 0. The van der Waals surface area contributed by atoms with Gasteiger partial charge in [0, 0.05) is 49.3 Å². The maximum absolute atomic E-state index is 14.5. The van der Waals surface area contributed by atoms with E-state index in [1.54, 1.807) is 23.9 Å². The molecule has 36 heavy (non-hydrogen) atoms. The van der Waals surface area contributed by atoms with Crippen molar-refractivity contribution in [3.63, 3.8) is 0 Å². The number of allylic oxidation sites excluding steroid dienone is 2. The molecule has 180 valence electrons. The Morgan fingerprint density at radius 3 is 1.97 bits per heavy atom. The Morgan fingerprint density at radius 2 is 1.39 bits per heavy atom. The predicted octanol–water partition coefficient (Wildman–Crippen LogP) is 7.37. The number of aromatic nitrogens is 2. The van der Waals surface area contributed by atoms with Crippen LogP contribution in [0.3, 0.4) is 0 Å². The van der Waals surface area contributed by atoms with Gasteiger partial charge in [-0.2, -0.15) is 0 Å². The van der Waals surface area contributed by atoms with E-state index in [2.05, 4.69) is 58.4 Å². The summed E-state index contributed by atoms with van der Waals surface area (Å²) >= 11 is 1.73. The van der Waals surface area contributed by atoms with Gasteiger partial charge in [-0.1, -0.05) is 18.2 Å². The van der Waals surface area contributed by atoms with E-state index in [1.807, 2.05) is 55.1 Å². The standard InChI is InChI=1S/C31H28FN3S/c1-22-29(17-23-3-6-27(36-2)7-4-23)28-8-5-26(32)18-30(28)31(22)21-35(19-24-9-13-33-14-10-24)20-25-11-15-34-16-12-25/h3-18H,19-21H2,1-2H3/b29-17-. The fraction of sp³-hybridized carbons (Fsp3) is 0.161. The third kappa shape index (κ3) is 5.48. The molecule has 2 aromatic heterocycles. The molecule has 0 bridgehead atoms. The van der Waals surface area contributed by atoms with Crippen LogP contribution in [0.25, 0.3) is 17.2 Å². The summed E-state index contributed by atoms with van der Waals surface area (Å²) < 4.78 is 14.5. The quantitative estimate of drug-likeness (QED) is 0.240. The Kier molecular flexibility index (Phi) is 7.40. The van der Waals surface area contributed by atoms with Gasteiger partial charge < -0.3 is 0 Å². The summed E-state index contributed by atoms with van der Waals surface area (Å²) in [5, 5.41) is 0. The van der Waals surface area contributed by atoms with Gasteiger partial charge in [-0.25, -0.2) is 4.39 Å². The van der Waals surface area contributed by atoms with Crippen molar-refractivity contribution in [1.82, 2.24) is 14.9 Å². The monoisotopic (exact) mass is 493 g/mol. The lowest BCUT2D eigenvalue weighted by atomic mass is 10.0. The molecule has 0 unspecified atom stereocenters. The zero-order valence-corrected chi connectivity index (χ0v) is 21.3. The van der Waals surface area contributed by atoms with Crippen molar-refractivity contribution in [2.24, 2.45) is 0 Å². The van der Waals surface area contributed by atoms with Gasteiger partial charge in [-0.15, -0.1) is 11.8 Å². The summed E-state index contributed by atoms with van der Waals surface area (Å²) in [6.07, 6.45) is 11.6. The van der Waals surface area contributed by atoms with Crippen LogP contribution in [-0.2, 0) is 13.1 Å². The van der Waals surface area contributed by atoms with Crippen LogP contribution in [0.15, 0.2) is 102 Å². The molecule has 4 aromatic rings. The lowest BCUT2D eigenvalue weighted by Gasteiger charge is -2.24. The van der Waals surface area contributed by atoms with Crippen molar-refractivity contribution in [2.75, 3.05) is 12.8 Å². The zero-order chi connectivity index (χ0) is 24.9. The highest BCUT2D eigenvalue weighted by Crippen LogP contribution is 2.43. The zero-order valence-electron chi connectivity index (χ0n) is 20.5. The summed E-state index contributed by atoms with van der Waals surface area (Å²) in [6, 6.07) is 21.9. The Hall–Kier alpha value is -3.54. The van der Waals surface area contributed by atoms with Gasteiger partial charge >= 0.3 is 0 Å². The van der Waals surface area contributed by atoms with E-state index in [-0.39, 0.29) is 5.82 Å². The van der Waals surface area contributed by atoms with Crippen LogP contribution in [0.1, 0.15) is 34.7 Å². The number of pyridine rings is 2. The summed E-state index contributed by atoms with van der Waals surface area (Å²) in [5.74, 6) is -0.209. The van der Waals surface area contributed by atoms with Crippen LogP contribution >= 0.6 is 11.8 Å². The number of benzene rings is 2. The van der Waals surface area contributed by atoms with Gasteiger partial charge in [-0.3, -0.25) is 14.9 Å². The average Bonchev–Trinajstić information content (AvgIpc) is 3.15. The lowest BCUT2D eigenvalue weighted by Crippen LogP contribution is -2.25. The number of rotatable bonds is 8. The molecule has 0 saturated heterocycles. The molecule has 3 nitrogen and oxygen atoms in total. The molecular weight excluding hydrogens is 465 g/mol. The molecule has 0 radical (unpaired) electrons. The van der Waals surface area contributed by atoms with Gasteiger partial charge in [0.2, 0.25) is 0 Å². The summed E-state index contributed by atoms with van der Waals surface area (Å²) in [5.41, 5.74) is 9.12. The SMILES string of the molecule is CSc1ccc(/C=C2/C(C)=C(CN(Cc3ccncc3)Cc3ccncc3)c3cc(F)ccc32)cc1. The van der Waals surface area contributed by atoms with E-state index in [1.165, 1.54) is 27.2 Å². The van der Waals surface area contributed by atoms with Gasteiger partial charge in [0.25, 0.3) is 0 Å². The first-order chi connectivity index (χ1) is 17.6. The third-order valence-corrected chi connectivity index (χ3v) is 7.32. The smallest absolute Gasteiger partial charge is 0.123 e. The Labute approximate surface area is 216 Å². The van der Waals surface area contributed by atoms with Crippen LogP contribution in [0, 0.1) is 5.82 Å². The molecule has 0 atom stereocenters. The largest absolute Gasteiger partial charge is 0.291 e. The van der Waals surface area contributed by atoms with E-state index in [9.17, 15) is 4.39 Å². The van der Waals surface area contributed by atoms with Gasteiger partial charge in [0.05, 0.1) is 0 Å². The van der Waals surface area contributed by atoms with Crippen LogP contribution in [-0.4, -0.2) is 27.7 Å². The Morgan fingerprint density at radius 1 is 0.778 bits per heavy atom. The third-order valence-electron chi connectivity index (χ3n) is 6.57. The van der Waals surface area contributed by atoms with E-state index < -0.39 is 0 Å². The molecule has 5 heteroatoms. The first kappa shape index (κ1) is 24.2. The second-order valence-electron chi connectivity index (χ2n) is 8.98. The lowest BCUT2D eigenvalue weighted by molar-refractivity contribution is 0.290. The molecule has 2 aromatic carbocycles. The number of nitrogens with zero attached hydrogens (tertiary/aromatic N) is 3. The summed E-state index contributed by atoms with van der Waals surface area (Å²) in [6.45, 7) is 4.39. The first-order valence-corrected chi connectivity index (χ1v) is 13.2. The predicted molar refractivity (Wildman–Crippen MR) is 148 cm³/mol. The van der Waals surface area contributed by atoms with E-state index in [4.69, 9.17) is 0 Å². The fourth-order valence-electron chi connectivity index (χ4n) is 4.71. The second kappa shape index (κ2) is 11.0.